The number of piperidine rings is 3. The summed E-state index contributed by atoms with van der Waals surface area (Å²) in [5.41, 5.74) is 0. The van der Waals surface area contributed by atoms with E-state index in [0.29, 0.717) is 11.7 Å². The molecule has 4 aliphatic rings. The predicted molar refractivity (Wildman–Crippen MR) is 91.0 cm³/mol. The number of methoxy groups -OCH3 is 1. The highest BCUT2D eigenvalue weighted by atomic mass is 19.2. The summed E-state index contributed by atoms with van der Waals surface area (Å²) in [7, 11) is 1.32. The Kier molecular flexibility index (Phi) is 4.25. The first-order chi connectivity index (χ1) is 12.1. The molecule has 6 heteroatoms. The number of carbonyl (C=O) groups is 1. The summed E-state index contributed by atoms with van der Waals surface area (Å²) in [5, 5.41) is 3.09. The molecule has 3 atom stereocenters. The van der Waals surface area contributed by atoms with Crippen molar-refractivity contribution < 1.29 is 18.3 Å². The third-order valence-corrected chi connectivity index (χ3v) is 5.60. The molecule has 0 aromatic carbocycles. The highest BCUT2D eigenvalue weighted by Crippen LogP contribution is 2.38. The molecule has 0 radical (unpaired) electrons. The van der Waals surface area contributed by atoms with E-state index in [1.54, 1.807) is 30.4 Å². The van der Waals surface area contributed by atoms with E-state index in [9.17, 15) is 9.18 Å². The molecule has 25 heavy (non-hydrogen) atoms. The molecule has 1 aliphatic carbocycles. The number of rotatable bonds is 4. The van der Waals surface area contributed by atoms with Crippen LogP contribution in [0.2, 0.25) is 0 Å². The molecule has 3 aliphatic heterocycles. The van der Waals surface area contributed by atoms with Crippen molar-refractivity contribution in [2.45, 2.75) is 30.7 Å². The van der Waals surface area contributed by atoms with Crippen molar-refractivity contribution in [2.75, 3.05) is 26.7 Å². The smallest absolute Gasteiger partial charge is 0.287 e. The van der Waals surface area contributed by atoms with Crippen LogP contribution in [0.25, 0.3) is 0 Å². The standard InChI is InChI=1S/C19H23FN2O3/c1-24-19(20)9-3-2-4-14(19)16-5-6-17(25-16)18(23)21-15-12-22-10-7-13(15)8-11-22/h2-6,9,13-15H,7-8,10-12H2,1H3,(H,21,23)/t14?,15-,19?/m0/s1. The Hall–Kier alpha value is -1.92. The van der Waals surface area contributed by atoms with Crippen molar-refractivity contribution in [3.63, 3.8) is 0 Å². The lowest BCUT2D eigenvalue weighted by Crippen LogP contribution is -2.57. The van der Waals surface area contributed by atoms with E-state index in [2.05, 4.69) is 10.2 Å². The van der Waals surface area contributed by atoms with Gasteiger partial charge in [-0.3, -0.25) is 4.79 Å². The van der Waals surface area contributed by atoms with Crippen LogP contribution in [0.4, 0.5) is 4.39 Å². The molecule has 2 unspecified atom stereocenters. The highest BCUT2D eigenvalue weighted by Gasteiger charge is 2.40. The molecule has 3 fully saturated rings. The molecule has 3 saturated heterocycles. The van der Waals surface area contributed by atoms with Crippen LogP contribution in [0.3, 0.4) is 0 Å². The van der Waals surface area contributed by atoms with E-state index in [0.717, 1.165) is 32.5 Å². The van der Waals surface area contributed by atoms with Gasteiger partial charge in [-0.2, -0.15) is 0 Å². The Morgan fingerprint density at radius 2 is 2.16 bits per heavy atom. The number of furan rings is 1. The van der Waals surface area contributed by atoms with Crippen molar-refractivity contribution in [3.8, 4) is 0 Å². The van der Waals surface area contributed by atoms with Crippen LogP contribution in [0.5, 0.6) is 0 Å². The number of carbonyl (C=O) groups excluding carboxylic acids is 1. The Morgan fingerprint density at radius 3 is 2.84 bits per heavy atom. The van der Waals surface area contributed by atoms with Crippen molar-refractivity contribution in [3.05, 3.63) is 48.0 Å². The van der Waals surface area contributed by atoms with E-state index in [-0.39, 0.29) is 17.7 Å². The zero-order valence-corrected chi connectivity index (χ0v) is 14.3. The van der Waals surface area contributed by atoms with Crippen LogP contribution in [-0.2, 0) is 4.74 Å². The first-order valence-electron chi connectivity index (χ1n) is 8.82. The van der Waals surface area contributed by atoms with E-state index >= 15 is 0 Å². The Balaban J connectivity index is 1.47. The van der Waals surface area contributed by atoms with Gasteiger partial charge in [0.05, 0.1) is 5.92 Å². The third kappa shape index (κ3) is 3.04. The van der Waals surface area contributed by atoms with Gasteiger partial charge in [0, 0.05) is 19.7 Å². The summed E-state index contributed by atoms with van der Waals surface area (Å²) >= 11 is 0. The molecule has 2 bridgehead atoms. The van der Waals surface area contributed by atoms with Gasteiger partial charge in [0.25, 0.3) is 5.91 Å². The number of hydrogen-bond acceptors (Lipinski definition) is 4. The minimum atomic E-state index is -1.96. The SMILES string of the molecule is COC1(F)C=CC=CC1c1ccc(C(=O)N[C@H]2CN3CCC2CC3)o1. The fraction of sp³-hybridized carbons (Fsp3) is 0.526. The Labute approximate surface area is 146 Å². The Morgan fingerprint density at radius 1 is 1.36 bits per heavy atom. The van der Waals surface area contributed by atoms with Crippen LogP contribution in [-0.4, -0.2) is 49.4 Å². The van der Waals surface area contributed by atoms with Crippen molar-refractivity contribution >= 4 is 5.91 Å². The van der Waals surface area contributed by atoms with E-state index < -0.39 is 11.8 Å². The average molecular weight is 346 g/mol. The predicted octanol–water partition coefficient (Wildman–Crippen LogP) is 2.63. The molecular weight excluding hydrogens is 323 g/mol. The molecule has 1 aromatic heterocycles. The molecule has 1 amide bonds. The monoisotopic (exact) mass is 346 g/mol. The molecule has 5 rings (SSSR count). The third-order valence-electron chi connectivity index (χ3n) is 5.60. The summed E-state index contributed by atoms with van der Waals surface area (Å²) in [5.74, 6) is -1.77. The van der Waals surface area contributed by atoms with Gasteiger partial charge in [-0.15, -0.1) is 0 Å². The molecule has 1 aromatic rings. The second-order valence-corrected chi connectivity index (χ2v) is 7.04. The maximum Gasteiger partial charge on any atom is 0.287 e. The molecule has 1 N–H and O–H groups in total. The molecular formula is C19H23FN2O3. The fourth-order valence-electron chi connectivity index (χ4n) is 4.09. The number of alkyl halides is 1. The van der Waals surface area contributed by atoms with Gasteiger partial charge in [-0.05, 0) is 50.1 Å². The second-order valence-electron chi connectivity index (χ2n) is 7.04. The number of allylic oxidation sites excluding steroid dienone is 2. The first kappa shape index (κ1) is 16.5. The number of nitrogens with zero attached hydrogens (tertiary/aromatic N) is 1. The van der Waals surface area contributed by atoms with Crippen molar-refractivity contribution in [1.82, 2.24) is 10.2 Å². The molecule has 5 nitrogen and oxygen atoms in total. The van der Waals surface area contributed by atoms with Gasteiger partial charge in [-0.1, -0.05) is 18.2 Å². The quantitative estimate of drug-likeness (QED) is 0.911. The molecule has 0 saturated carbocycles. The van der Waals surface area contributed by atoms with Gasteiger partial charge in [-0.25, -0.2) is 4.39 Å². The number of hydrogen-bond donors (Lipinski definition) is 1. The van der Waals surface area contributed by atoms with E-state index in [1.807, 2.05) is 0 Å². The van der Waals surface area contributed by atoms with Crippen LogP contribution >= 0.6 is 0 Å². The maximum atomic E-state index is 14.8. The largest absolute Gasteiger partial charge is 0.455 e. The van der Waals surface area contributed by atoms with Crippen molar-refractivity contribution in [1.29, 1.82) is 0 Å². The summed E-state index contributed by atoms with van der Waals surface area (Å²) in [6, 6.07) is 3.42. The van der Waals surface area contributed by atoms with E-state index in [4.69, 9.17) is 9.15 Å². The van der Waals surface area contributed by atoms with Gasteiger partial charge in [0.1, 0.15) is 5.76 Å². The molecule has 0 spiro atoms. The number of ether oxygens (including phenoxy) is 1. The van der Waals surface area contributed by atoms with Crippen LogP contribution in [0.15, 0.2) is 40.9 Å². The lowest BCUT2D eigenvalue weighted by atomic mass is 9.84. The molecule has 134 valence electrons. The first-order valence-corrected chi connectivity index (χ1v) is 8.82. The van der Waals surface area contributed by atoms with Crippen molar-refractivity contribution in [2.24, 2.45) is 5.92 Å². The minimum absolute atomic E-state index is 0.167. The van der Waals surface area contributed by atoms with Crippen LogP contribution in [0, 0.1) is 5.92 Å². The number of amides is 1. The number of nitrogens with one attached hydrogen (secondary N) is 1. The summed E-state index contributed by atoms with van der Waals surface area (Å²) < 4.78 is 25.5. The summed E-state index contributed by atoms with van der Waals surface area (Å²) in [6.07, 6.45) is 8.64. The second kappa shape index (κ2) is 6.42. The Bertz CT molecular complexity index is 705. The van der Waals surface area contributed by atoms with Gasteiger partial charge < -0.3 is 19.4 Å². The average Bonchev–Trinajstić information content (AvgIpc) is 3.13. The van der Waals surface area contributed by atoms with Gasteiger partial charge in [0.2, 0.25) is 5.85 Å². The topological polar surface area (TPSA) is 54.7 Å². The zero-order valence-electron chi connectivity index (χ0n) is 14.3. The normalized spacial score (nSPS) is 36.6. The van der Waals surface area contributed by atoms with Gasteiger partial charge >= 0.3 is 0 Å². The number of fused-ring (bicyclic) bond motifs is 3. The highest BCUT2D eigenvalue weighted by molar-refractivity contribution is 5.91. The fourth-order valence-corrected chi connectivity index (χ4v) is 4.09. The summed E-state index contributed by atoms with van der Waals surface area (Å²) in [4.78, 5) is 14.9. The minimum Gasteiger partial charge on any atom is -0.455 e. The zero-order chi connectivity index (χ0) is 17.4. The number of halogens is 1. The van der Waals surface area contributed by atoms with Crippen LogP contribution < -0.4 is 5.32 Å². The van der Waals surface area contributed by atoms with E-state index in [1.165, 1.54) is 13.2 Å². The lowest BCUT2D eigenvalue weighted by molar-refractivity contribution is -0.0935. The van der Waals surface area contributed by atoms with Crippen LogP contribution in [0.1, 0.15) is 35.1 Å². The lowest BCUT2D eigenvalue weighted by Gasteiger charge is -2.44. The van der Waals surface area contributed by atoms with Gasteiger partial charge in [0.15, 0.2) is 5.76 Å². The molecule has 4 heterocycles. The maximum absolute atomic E-state index is 14.8. The summed E-state index contributed by atoms with van der Waals surface area (Å²) in [6.45, 7) is 3.15.